The Morgan fingerprint density at radius 1 is 1.11 bits per heavy atom. The molecule has 28 heavy (non-hydrogen) atoms. The minimum absolute atomic E-state index is 0.123. The highest BCUT2D eigenvalue weighted by Gasteiger charge is 2.16. The first-order valence-corrected chi connectivity index (χ1v) is 10.9. The number of thiophene rings is 1. The highest BCUT2D eigenvalue weighted by atomic mass is 35.5. The summed E-state index contributed by atoms with van der Waals surface area (Å²) >= 11 is 7.22. The van der Waals surface area contributed by atoms with E-state index in [9.17, 15) is 17.6 Å². The topological polar surface area (TPSA) is 75.3 Å². The molecular formula is C19H16ClFN2O3S2. The Balaban J connectivity index is 1.60. The van der Waals surface area contributed by atoms with Crippen LogP contribution in [0.2, 0.25) is 5.02 Å². The number of hydrogen-bond donors (Lipinski definition) is 2. The van der Waals surface area contributed by atoms with Crippen molar-refractivity contribution in [2.24, 2.45) is 0 Å². The maximum atomic E-state index is 13.2. The quantitative estimate of drug-likeness (QED) is 0.580. The average Bonchev–Trinajstić information content (AvgIpc) is 3.17. The third kappa shape index (κ3) is 5.31. The zero-order valence-corrected chi connectivity index (χ0v) is 16.9. The van der Waals surface area contributed by atoms with E-state index in [1.165, 1.54) is 0 Å². The van der Waals surface area contributed by atoms with E-state index in [0.29, 0.717) is 12.2 Å². The summed E-state index contributed by atoms with van der Waals surface area (Å²) in [6.07, 6.45) is 0.186. The average molecular weight is 439 g/mol. The lowest BCUT2D eigenvalue weighted by Gasteiger charge is -2.10. The number of carbonyl (C=O) groups excluding carboxylic acids is 1. The maximum absolute atomic E-state index is 13.2. The molecule has 0 aliphatic heterocycles. The van der Waals surface area contributed by atoms with Gasteiger partial charge in [-0.25, -0.2) is 12.8 Å². The van der Waals surface area contributed by atoms with Crippen molar-refractivity contribution < 1.29 is 17.6 Å². The van der Waals surface area contributed by atoms with Crippen molar-refractivity contribution in [3.05, 3.63) is 81.3 Å². The van der Waals surface area contributed by atoms with Gasteiger partial charge < -0.3 is 5.32 Å². The maximum Gasteiger partial charge on any atom is 0.261 e. The molecule has 0 radical (unpaired) electrons. The lowest BCUT2D eigenvalue weighted by Crippen LogP contribution is -2.24. The first-order valence-electron chi connectivity index (χ1n) is 8.19. The number of halogens is 2. The van der Waals surface area contributed by atoms with Gasteiger partial charge in [0, 0.05) is 10.6 Å². The fourth-order valence-electron chi connectivity index (χ4n) is 2.40. The summed E-state index contributed by atoms with van der Waals surface area (Å²) in [6.45, 7) is 0.481. The van der Waals surface area contributed by atoms with Crippen LogP contribution in [0, 0.1) is 5.82 Å². The Morgan fingerprint density at radius 2 is 1.86 bits per heavy atom. The summed E-state index contributed by atoms with van der Waals surface area (Å²) < 4.78 is 40.4. The molecule has 9 heteroatoms. The Hall–Kier alpha value is -2.42. The van der Waals surface area contributed by atoms with Gasteiger partial charge in [0.05, 0.1) is 22.9 Å². The summed E-state index contributed by atoms with van der Waals surface area (Å²) in [5, 5.41) is 4.51. The van der Waals surface area contributed by atoms with E-state index in [2.05, 4.69) is 10.0 Å². The standard InChI is InChI=1S/C19H16ClFN2O3S2/c20-17-11-16(7-8-18(17)21)28(25,26)23-14-5-3-13(4-6-14)10-19(24)22-12-15-2-1-9-27-15/h1-9,11,23H,10,12H2,(H,22,24). The van der Waals surface area contributed by atoms with Gasteiger partial charge in [0.2, 0.25) is 5.91 Å². The van der Waals surface area contributed by atoms with Gasteiger partial charge in [-0.05, 0) is 47.3 Å². The highest BCUT2D eigenvalue weighted by Crippen LogP contribution is 2.22. The molecule has 146 valence electrons. The largest absolute Gasteiger partial charge is 0.351 e. The van der Waals surface area contributed by atoms with Gasteiger partial charge in [0.1, 0.15) is 5.82 Å². The molecule has 2 aromatic carbocycles. The summed E-state index contributed by atoms with van der Waals surface area (Å²) in [6, 6.07) is 13.5. The van der Waals surface area contributed by atoms with E-state index in [4.69, 9.17) is 11.6 Å². The highest BCUT2D eigenvalue weighted by molar-refractivity contribution is 7.92. The van der Waals surface area contributed by atoms with Crippen LogP contribution in [0.3, 0.4) is 0 Å². The van der Waals surface area contributed by atoms with Gasteiger partial charge in [-0.15, -0.1) is 11.3 Å². The van der Waals surface area contributed by atoms with Gasteiger partial charge in [-0.3, -0.25) is 9.52 Å². The summed E-state index contributed by atoms with van der Waals surface area (Å²) in [5.41, 5.74) is 1.07. The van der Waals surface area contributed by atoms with Crippen molar-refractivity contribution in [3.63, 3.8) is 0 Å². The van der Waals surface area contributed by atoms with E-state index < -0.39 is 15.8 Å². The van der Waals surface area contributed by atoms with Crippen LogP contribution in [-0.2, 0) is 27.8 Å². The zero-order valence-electron chi connectivity index (χ0n) is 14.5. The second-order valence-corrected chi connectivity index (χ2v) is 9.03. The number of anilines is 1. The van der Waals surface area contributed by atoms with Crippen LogP contribution in [0.1, 0.15) is 10.4 Å². The minimum atomic E-state index is -3.90. The van der Waals surface area contributed by atoms with Crippen molar-refractivity contribution in [2.45, 2.75) is 17.9 Å². The van der Waals surface area contributed by atoms with E-state index in [1.807, 2.05) is 17.5 Å². The molecular weight excluding hydrogens is 423 g/mol. The molecule has 0 aliphatic carbocycles. The van der Waals surface area contributed by atoms with Crippen molar-refractivity contribution in [3.8, 4) is 0 Å². The molecule has 5 nitrogen and oxygen atoms in total. The van der Waals surface area contributed by atoms with Crippen molar-refractivity contribution >= 4 is 44.6 Å². The SMILES string of the molecule is O=C(Cc1ccc(NS(=O)(=O)c2ccc(F)c(Cl)c2)cc1)NCc1cccs1. The van der Waals surface area contributed by atoms with Gasteiger partial charge in [0.25, 0.3) is 10.0 Å². The number of hydrogen-bond acceptors (Lipinski definition) is 4. The third-order valence-electron chi connectivity index (χ3n) is 3.81. The number of benzene rings is 2. The predicted molar refractivity (Wildman–Crippen MR) is 109 cm³/mol. The number of sulfonamides is 1. The van der Waals surface area contributed by atoms with E-state index in [0.717, 1.165) is 28.6 Å². The van der Waals surface area contributed by atoms with Gasteiger partial charge >= 0.3 is 0 Å². The summed E-state index contributed by atoms with van der Waals surface area (Å²) in [5.74, 6) is -0.815. The van der Waals surface area contributed by atoms with Crippen molar-refractivity contribution in [1.82, 2.24) is 5.32 Å². The lowest BCUT2D eigenvalue weighted by molar-refractivity contribution is -0.120. The molecule has 1 amide bonds. The van der Waals surface area contributed by atoms with Crippen molar-refractivity contribution in [2.75, 3.05) is 4.72 Å². The second kappa shape index (κ2) is 8.72. The molecule has 0 atom stereocenters. The molecule has 0 bridgehead atoms. The number of nitrogens with one attached hydrogen (secondary N) is 2. The second-order valence-electron chi connectivity index (χ2n) is 5.91. The van der Waals surface area contributed by atoms with Crippen LogP contribution in [-0.4, -0.2) is 14.3 Å². The summed E-state index contributed by atoms with van der Waals surface area (Å²) in [4.78, 5) is 12.9. The number of rotatable bonds is 7. The van der Waals surface area contributed by atoms with Crippen LogP contribution >= 0.6 is 22.9 Å². The monoisotopic (exact) mass is 438 g/mol. The Morgan fingerprint density at radius 3 is 2.50 bits per heavy atom. The molecule has 1 heterocycles. The van der Waals surface area contributed by atoms with E-state index in [1.54, 1.807) is 35.6 Å². The molecule has 0 aliphatic rings. The smallest absolute Gasteiger partial charge is 0.261 e. The zero-order chi connectivity index (χ0) is 20.1. The molecule has 3 rings (SSSR count). The first-order chi connectivity index (χ1) is 13.3. The van der Waals surface area contributed by atoms with Gasteiger partial charge in [0.15, 0.2) is 0 Å². The lowest BCUT2D eigenvalue weighted by atomic mass is 10.1. The van der Waals surface area contributed by atoms with Gasteiger partial charge in [-0.1, -0.05) is 29.8 Å². The fourth-order valence-corrected chi connectivity index (χ4v) is 4.37. The van der Waals surface area contributed by atoms with E-state index in [-0.39, 0.29) is 22.2 Å². The van der Waals surface area contributed by atoms with Crippen LogP contribution < -0.4 is 10.0 Å². The molecule has 0 fully saturated rings. The normalized spacial score (nSPS) is 11.2. The summed E-state index contributed by atoms with van der Waals surface area (Å²) in [7, 11) is -3.90. The fraction of sp³-hybridized carbons (Fsp3) is 0.105. The Labute approximate surface area is 171 Å². The molecule has 1 aromatic heterocycles. The number of carbonyl (C=O) groups is 1. The number of amides is 1. The molecule has 3 aromatic rings. The molecule has 0 saturated heterocycles. The third-order valence-corrected chi connectivity index (χ3v) is 6.36. The molecule has 2 N–H and O–H groups in total. The van der Waals surface area contributed by atoms with Gasteiger partial charge in [-0.2, -0.15) is 0 Å². The first kappa shape index (κ1) is 20.3. The molecule has 0 unspecified atom stereocenters. The Bertz CT molecular complexity index is 1070. The van der Waals surface area contributed by atoms with Crippen LogP contribution in [0.5, 0.6) is 0 Å². The van der Waals surface area contributed by atoms with Crippen LogP contribution in [0.15, 0.2) is 64.9 Å². The van der Waals surface area contributed by atoms with Crippen LogP contribution in [0.4, 0.5) is 10.1 Å². The van der Waals surface area contributed by atoms with Crippen LogP contribution in [0.25, 0.3) is 0 Å². The van der Waals surface area contributed by atoms with Crippen molar-refractivity contribution in [1.29, 1.82) is 0 Å². The molecule has 0 spiro atoms. The molecule has 0 saturated carbocycles. The van der Waals surface area contributed by atoms with E-state index >= 15 is 0 Å². The predicted octanol–water partition coefficient (Wildman–Crippen LogP) is 4.20. The Kier molecular flexibility index (Phi) is 6.33. The minimum Gasteiger partial charge on any atom is -0.351 e.